The van der Waals surface area contributed by atoms with Crippen LogP contribution in [0.4, 0.5) is 0 Å². The van der Waals surface area contributed by atoms with Crippen LogP contribution in [0, 0.1) is 5.92 Å². The van der Waals surface area contributed by atoms with Crippen LogP contribution in [0.5, 0.6) is 5.75 Å². The topological polar surface area (TPSA) is 50.4 Å². The van der Waals surface area contributed by atoms with E-state index in [4.69, 9.17) is 9.47 Å². The highest BCUT2D eigenvalue weighted by molar-refractivity contribution is 5.88. The number of nitrogens with one attached hydrogen (secondary N) is 1. The monoisotopic (exact) mass is 365 g/mol. The highest BCUT2D eigenvalue weighted by Crippen LogP contribution is 2.28. The van der Waals surface area contributed by atoms with E-state index < -0.39 is 0 Å². The van der Waals surface area contributed by atoms with Gasteiger partial charge in [0.1, 0.15) is 5.75 Å². The van der Waals surface area contributed by atoms with Gasteiger partial charge in [-0.3, -0.25) is 5.10 Å². The first kappa shape index (κ1) is 18.0. The highest BCUT2D eigenvalue weighted by Gasteiger charge is 2.17. The molecule has 1 aliphatic heterocycles. The molecule has 142 valence electrons. The second-order valence-corrected chi connectivity index (χ2v) is 7.45. The predicted octanol–water partition coefficient (Wildman–Crippen LogP) is 4.10. The maximum Gasteiger partial charge on any atom is 0.119 e. The zero-order valence-electron chi connectivity index (χ0n) is 16.1. The van der Waals surface area contributed by atoms with E-state index in [2.05, 4.69) is 52.5 Å². The summed E-state index contributed by atoms with van der Waals surface area (Å²) in [6.45, 7) is 3.80. The summed E-state index contributed by atoms with van der Waals surface area (Å²) in [6.07, 6.45) is 4.28. The summed E-state index contributed by atoms with van der Waals surface area (Å²) in [5.74, 6) is 1.61. The molecule has 0 atom stereocenters. The molecule has 2 aromatic carbocycles. The Morgan fingerprint density at radius 3 is 2.74 bits per heavy atom. The highest BCUT2D eigenvalue weighted by atomic mass is 16.5. The Morgan fingerprint density at radius 2 is 1.93 bits per heavy atom. The molecule has 0 aliphatic carbocycles. The van der Waals surface area contributed by atoms with Crippen LogP contribution in [-0.2, 0) is 11.3 Å². The van der Waals surface area contributed by atoms with Gasteiger partial charge in [-0.05, 0) is 54.8 Å². The molecule has 4 rings (SSSR count). The summed E-state index contributed by atoms with van der Waals surface area (Å²) in [5.41, 5.74) is 3.50. The summed E-state index contributed by atoms with van der Waals surface area (Å²) in [6, 6.07) is 12.7. The van der Waals surface area contributed by atoms with Gasteiger partial charge >= 0.3 is 0 Å². The van der Waals surface area contributed by atoms with Gasteiger partial charge in [-0.15, -0.1) is 0 Å². The van der Waals surface area contributed by atoms with Gasteiger partial charge < -0.3 is 14.4 Å². The van der Waals surface area contributed by atoms with Crippen LogP contribution >= 0.6 is 0 Å². The molecule has 0 unspecified atom stereocenters. The summed E-state index contributed by atoms with van der Waals surface area (Å²) >= 11 is 0. The quantitative estimate of drug-likeness (QED) is 0.715. The number of aromatic amines is 1. The molecule has 5 heteroatoms. The number of aromatic nitrogens is 2. The third-order valence-electron chi connectivity index (χ3n) is 5.40. The molecule has 1 fully saturated rings. The Morgan fingerprint density at radius 1 is 1.15 bits per heavy atom. The summed E-state index contributed by atoms with van der Waals surface area (Å²) in [4.78, 5) is 2.40. The number of nitrogens with zero attached hydrogens (tertiary/aromatic N) is 2. The normalized spacial score (nSPS) is 15.5. The molecular weight excluding hydrogens is 338 g/mol. The summed E-state index contributed by atoms with van der Waals surface area (Å²) in [7, 11) is 3.89. The van der Waals surface area contributed by atoms with E-state index in [-0.39, 0.29) is 0 Å². The molecule has 0 radical (unpaired) electrons. The van der Waals surface area contributed by atoms with Crippen molar-refractivity contribution in [3.8, 4) is 17.0 Å². The molecular formula is C22H27N3O2. The van der Waals surface area contributed by atoms with Crippen LogP contribution in [0.3, 0.4) is 0 Å². The van der Waals surface area contributed by atoms with Crippen LogP contribution in [0.2, 0.25) is 0 Å². The lowest BCUT2D eigenvalue weighted by molar-refractivity contribution is 0.0550. The zero-order valence-corrected chi connectivity index (χ0v) is 16.1. The number of benzene rings is 2. The van der Waals surface area contributed by atoms with E-state index in [0.717, 1.165) is 56.5 Å². The van der Waals surface area contributed by atoms with E-state index in [1.54, 1.807) is 7.11 Å². The Hall–Kier alpha value is -2.37. The van der Waals surface area contributed by atoms with Crippen LogP contribution in [0.1, 0.15) is 18.4 Å². The van der Waals surface area contributed by atoms with Crippen molar-refractivity contribution >= 4 is 10.8 Å². The van der Waals surface area contributed by atoms with Crippen molar-refractivity contribution in [2.75, 3.05) is 33.9 Å². The molecule has 0 amide bonds. The lowest BCUT2D eigenvalue weighted by atomic mass is 9.99. The van der Waals surface area contributed by atoms with Gasteiger partial charge in [-0.2, -0.15) is 5.10 Å². The molecule has 3 aromatic rings. The predicted molar refractivity (Wildman–Crippen MR) is 108 cm³/mol. The van der Waals surface area contributed by atoms with E-state index >= 15 is 0 Å². The lowest BCUT2D eigenvalue weighted by Gasteiger charge is -2.27. The maximum atomic E-state index is 5.47. The van der Waals surface area contributed by atoms with Gasteiger partial charge in [0.25, 0.3) is 0 Å². The Balaban J connectivity index is 1.51. The van der Waals surface area contributed by atoms with E-state index in [0.29, 0.717) is 0 Å². The first-order valence-corrected chi connectivity index (χ1v) is 9.59. The van der Waals surface area contributed by atoms with Crippen molar-refractivity contribution in [3.63, 3.8) is 0 Å². The molecule has 0 spiro atoms. The summed E-state index contributed by atoms with van der Waals surface area (Å²) in [5, 5.41) is 9.89. The molecule has 0 bridgehead atoms. The van der Waals surface area contributed by atoms with Crippen molar-refractivity contribution in [2.24, 2.45) is 5.92 Å². The number of ether oxygens (including phenoxy) is 2. The first-order chi connectivity index (χ1) is 13.2. The maximum absolute atomic E-state index is 5.47. The molecule has 0 saturated carbocycles. The Labute approximate surface area is 160 Å². The lowest BCUT2D eigenvalue weighted by Crippen LogP contribution is -2.29. The zero-order chi connectivity index (χ0) is 18.6. The Kier molecular flexibility index (Phi) is 5.41. The van der Waals surface area contributed by atoms with Gasteiger partial charge in [-0.1, -0.05) is 18.2 Å². The van der Waals surface area contributed by atoms with Crippen LogP contribution in [0.25, 0.3) is 22.0 Å². The molecule has 2 heterocycles. The number of H-pyrrole nitrogens is 1. The second-order valence-electron chi connectivity index (χ2n) is 7.45. The number of fused-ring (bicyclic) bond motifs is 1. The minimum Gasteiger partial charge on any atom is -0.497 e. The number of rotatable bonds is 6. The minimum atomic E-state index is 0.731. The fourth-order valence-corrected chi connectivity index (χ4v) is 3.91. The largest absolute Gasteiger partial charge is 0.497 e. The van der Waals surface area contributed by atoms with Gasteiger partial charge in [-0.25, -0.2) is 0 Å². The first-order valence-electron chi connectivity index (χ1n) is 9.59. The Bertz CT molecular complexity index is 899. The van der Waals surface area contributed by atoms with Gasteiger partial charge in [0.2, 0.25) is 0 Å². The van der Waals surface area contributed by atoms with Gasteiger partial charge in [0, 0.05) is 37.4 Å². The molecule has 5 nitrogen and oxygen atoms in total. The van der Waals surface area contributed by atoms with E-state index in [1.165, 1.54) is 21.9 Å². The van der Waals surface area contributed by atoms with Crippen molar-refractivity contribution in [1.29, 1.82) is 0 Å². The van der Waals surface area contributed by atoms with Crippen molar-refractivity contribution in [1.82, 2.24) is 15.1 Å². The van der Waals surface area contributed by atoms with Crippen molar-refractivity contribution < 1.29 is 9.47 Å². The third kappa shape index (κ3) is 4.15. The van der Waals surface area contributed by atoms with Gasteiger partial charge in [0.15, 0.2) is 0 Å². The van der Waals surface area contributed by atoms with Crippen molar-refractivity contribution in [3.05, 3.63) is 48.2 Å². The molecule has 1 aliphatic rings. The third-order valence-corrected chi connectivity index (χ3v) is 5.40. The van der Waals surface area contributed by atoms with E-state index in [9.17, 15) is 0 Å². The second kappa shape index (κ2) is 8.11. The molecule has 1 N–H and O–H groups in total. The van der Waals surface area contributed by atoms with Crippen LogP contribution in [-0.4, -0.2) is 49.0 Å². The van der Waals surface area contributed by atoms with Crippen molar-refractivity contribution in [2.45, 2.75) is 19.4 Å². The number of methoxy groups -OCH3 is 1. The number of hydrogen-bond acceptors (Lipinski definition) is 4. The minimum absolute atomic E-state index is 0.731. The fourth-order valence-electron chi connectivity index (χ4n) is 3.91. The average Bonchev–Trinajstić information content (AvgIpc) is 3.15. The van der Waals surface area contributed by atoms with Crippen LogP contribution in [0.15, 0.2) is 42.6 Å². The summed E-state index contributed by atoms with van der Waals surface area (Å²) < 4.78 is 10.8. The standard InChI is InChI=1S/C22H27N3O2/c1-25(14-16-7-9-27-10-8-16)15-20-13-23-24-22(20)19-4-3-18-12-21(26-2)6-5-17(18)11-19/h3-6,11-13,16H,7-10,14-15H2,1-2H3,(H,23,24). The van der Waals surface area contributed by atoms with E-state index in [1.807, 2.05) is 12.3 Å². The molecule has 1 aromatic heterocycles. The SMILES string of the molecule is COc1ccc2cc(-c3[nH]ncc3CN(C)CC3CCOCC3)ccc2c1. The molecule has 27 heavy (non-hydrogen) atoms. The van der Waals surface area contributed by atoms with Gasteiger partial charge in [0.05, 0.1) is 19.0 Å². The smallest absolute Gasteiger partial charge is 0.119 e. The average molecular weight is 365 g/mol. The number of hydrogen-bond donors (Lipinski definition) is 1. The molecule has 1 saturated heterocycles. The fraction of sp³-hybridized carbons (Fsp3) is 0.409. The van der Waals surface area contributed by atoms with Crippen LogP contribution < -0.4 is 4.74 Å².